The molecule has 0 fully saturated rings. The van der Waals surface area contributed by atoms with Crippen LogP contribution in [-0.2, 0) is 0 Å². The molecule has 100 valence electrons. The molecular weight excluding hydrogens is 232 g/mol. The Bertz CT molecular complexity index is 534. The van der Waals surface area contributed by atoms with E-state index in [1.807, 2.05) is 18.3 Å². The maximum absolute atomic E-state index is 4.37. The lowest BCUT2D eigenvalue weighted by molar-refractivity contribution is 0.503. The number of rotatable bonds is 7. The fourth-order valence-corrected chi connectivity index (χ4v) is 2.30. The summed E-state index contributed by atoms with van der Waals surface area (Å²) in [5.74, 6) is 0. The number of hydrogen-bond donors (Lipinski definition) is 1. The number of fused-ring (bicyclic) bond motifs is 1. The summed E-state index contributed by atoms with van der Waals surface area (Å²) in [5, 5.41) is 4.83. The van der Waals surface area contributed by atoms with Crippen molar-refractivity contribution in [2.75, 3.05) is 6.54 Å². The Labute approximate surface area is 115 Å². The molecule has 0 aliphatic rings. The van der Waals surface area contributed by atoms with Crippen molar-refractivity contribution >= 4 is 10.9 Å². The van der Waals surface area contributed by atoms with Gasteiger partial charge in [0, 0.05) is 17.6 Å². The Balaban J connectivity index is 2.23. The van der Waals surface area contributed by atoms with E-state index >= 15 is 0 Å². The molecule has 19 heavy (non-hydrogen) atoms. The van der Waals surface area contributed by atoms with Gasteiger partial charge in [0.2, 0.25) is 0 Å². The minimum Gasteiger partial charge on any atom is -0.310 e. The molecule has 1 atom stereocenters. The van der Waals surface area contributed by atoms with Crippen LogP contribution in [-0.4, -0.2) is 11.5 Å². The van der Waals surface area contributed by atoms with Gasteiger partial charge in [-0.1, -0.05) is 25.1 Å². The molecule has 1 aromatic carbocycles. The third kappa shape index (κ3) is 3.65. The molecule has 0 saturated heterocycles. The van der Waals surface area contributed by atoms with E-state index < -0.39 is 0 Å². The summed E-state index contributed by atoms with van der Waals surface area (Å²) in [6.45, 7) is 7.06. The van der Waals surface area contributed by atoms with Crippen molar-refractivity contribution in [2.24, 2.45) is 0 Å². The van der Waals surface area contributed by atoms with Crippen LogP contribution >= 0.6 is 0 Å². The van der Waals surface area contributed by atoms with Crippen LogP contribution in [0, 0.1) is 0 Å². The zero-order valence-electron chi connectivity index (χ0n) is 11.6. The van der Waals surface area contributed by atoms with Crippen LogP contribution in [0.2, 0.25) is 0 Å². The van der Waals surface area contributed by atoms with Gasteiger partial charge < -0.3 is 5.32 Å². The van der Waals surface area contributed by atoms with Crippen molar-refractivity contribution in [1.29, 1.82) is 0 Å². The van der Waals surface area contributed by atoms with Crippen molar-refractivity contribution in [3.8, 4) is 0 Å². The van der Waals surface area contributed by atoms with Crippen molar-refractivity contribution in [1.82, 2.24) is 10.3 Å². The van der Waals surface area contributed by atoms with Crippen LogP contribution in [0.3, 0.4) is 0 Å². The molecule has 0 aliphatic carbocycles. The zero-order valence-corrected chi connectivity index (χ0v) is 11.6. The molecule has 1 unspecified atom stereocenters. The highest BCUT2D eigenvalue weighted by Crippen LogP contribution is 2.22. The van der Waals surface area contributed by atoms with E-state index in [9.17, 15) is 0 Å². The second kappa shape index (κ2) is 7.05. The van der Waals surface area contributed by atoms with E-state index in [1.165, 1.54) is 10.9 Å². The number of nitrogens with zero attached hydrogens (tertiary/aromatic N) is 1. The molecule has 0 bridgehead atoms. The smallest absolute Gasteiger partial charge is 0.0702 e. The standard InChI is InChI=1S/C17H22N2/c1-3-5-8-16(18-11-4-2)15-9-10-17-14(13-15)7-6-12-19-17/h3,6-7,9-10,12-13,16,18H,1,4-5,8,11H2,2H3. The molecule has 1 heterocycles. The van der Waals surface area contributed by atoms with E-state index in [0.717, 1.165) is 31.3 Å². The molecule has 0 spiro atoms. The van der Waals surface area contributed by atoms with Crippen LogP contribution in [0.1, 0.15) is 37.8 Å². The molecule has 2 heteroatoms. The fraction of sp³-hybridized carbons (Fsp3) is 0.353. The van der Waals surface area contributed by atoms with Crippen LogP contribution in [0.15, 0.2) is 49.2 Å². The predicted octanol–water partition coefficient (Wildman–Crippen LogP) is 4.24. The molecular formula is C17H22N2. The highest BCUT2D eigenvalue weighted by atomic mass is 14.9. The van der Waals surface area contributed by atoms with Crippen molar-refractivity contribution in [3.05, 3.63) is 54.7 Å². The van der Waals surface area contributed by atoms with Gasteiger partial charge in [0.05, 0.1) is 5.52 Å². The second-order valence-electron chi connectivity index (χ2n) is 4.83. The lowest BCUT2D eigenvalue weighted by atomic mass is 10.00. The first-order valence-electron chi connectivity index (χ1n) is 7.04. The van der Waals surface area contributed by atoms with Crippen LogP contribution in [0.4, 0.5) is 0 Å². The lowest BCUT2D eigenvalue weighted by Crippen LogP contribution is -2.22. The van der Waals surface area contributed by atoms with Crippen molar-refractivity contribution in [2.45, 2.75) is 32.2 Å². The zero-order chi connectivity index (χ0) is 13.5. The van der Waals surface area contributed by atoms with Gasteiger partial charge in [-0.2, -0.15) is 0 Å². The Hall–Kier alpha value is -1.67. The molecule has 0 amide bonds. The highest BCUT2D eigenvalue weighted by Gasteiger charge is 2.10. The van der Waals surface area contributed by atoms with Gasteiger partial charge in [0.25, 0.3) is 0 Å². The van der Waals surface area contributed by atoms with Crippen molar-refractivity contribution < 1.29 is 0 Å². The summed E-state index contributed by atoms with van der Waals surface area (Å²) in [5.41, 5.74) is 2.40. The summed E-state index contributed by atoms with van der Waals surface area (Å²) in [6.07, 6.45) is 7.11. The lowest BCUT2D eigenvalue weighted by Gasteiger charge is -2.18. The number of hydrogen-bond acceptors (Lipinski definition) is 2. The van der Waals surface area contributed by atoms with E-state index in [4.69, 9.17) is 0 Å². The SMILES string of the molecule is C=CCCC(NCCC)c1ccc2ncccc2c1. The maximum Gasteiger partial charge on any atom is 0.0702 e. The van der Waals surface area contributed by atoms with E-state index in [0.29, 0.717) is 6.04 Å². The Morgan fingerprint density at radius 3 is 3.05 bits per heavy atom. The Morgan fingerprint density at radius 2 is 2.26 bits per heavy atom. The first-order valence-corrected chi connectivity index (χ1v) is 7.04. The topological polar surface area (TPSA) is 24.9 Å². The minimum absolute atomic E-state index is 0.405. The van der Waals surface area contributed by atoms with Crippen LogP contribution in [0.25, 0.3) is 10.9 Å². The van der Waals surface area contributed by atoms with Crippen LogP contribution < -0.4 is 5.32 Å². The Morgan fingerprint density at radius 1 is 1.37 bits per heavy atom. The number of allylic oxidation sites excluding steroid dienone is 1. The third-order valence-electron chi connectivity index (χ3n) is 3.33. The van der Waals surface area contributed by atoms with Crippen molar-refractivity contribution in [3.63, 3.8) is 0 Å². The third-order valence-corrected chi connectivity index (χ3v) is 3.33. The maximum atomic E-state index is 4.37. The average Bonchev–Trinajstić information content (AvgIpc) is 2.47. The van der Waals surface area contributed by atoms with Gasteiger partial charge in [-0.25, -0.2) is 0 Å². The van der Waals surface area contributed by atoms with Gasteiger partial charge in [-0.3, -0.25) is 4.98 Å². The second-order valence-corrected chi connectivity index (χ2v) is 4.83. The van der Waals surface area contributed by atoms with Crippen LogP contribution in [0.5, 0.6) is 0 Å². The molecule has 0 radical (unpaired) electrons. The summed E-state index contributed by atoms with van der Waals surface area (Å²) in [6, 6.07) is 11.1. The number of pyridine rings is 1. The van der Waals surface area contributed by atoms with Gasteiger partial charge in [-0.05, 0) is 49.6 Å². The van der Waals surface area contributed by atoms with Gasteiger partial charge in [0.1, 0.15) is 0 Å². The van der Waals surface area contributed by atoms with E-state index in [-0.39, 0.29) is 0 Å². The predicted molar refractivity (Wildman–Crippen MR) is 82.2 cm³/mol. The molecule has 2 nitrogen and oxygen atoms in total. The number of aromatic nitrogens is 1. The largest absolute Gasteiger partial charge is 0.310 e. The van der Waals surface area contributed by atoms with E-state index in [2.05, 4.69) is 48.1 Å². The molecule has 1 N–H and O–H groups in total. The molecule has 0 aliphatic heterocycles. The molecule has 0 saturated carbocycles. The fourth-order valence-electron chi connectivity index (χ4n) is 2.30. The minimum atomic E-state index is 0.405. The van der Waals surface area contributed by atoms with Gasteiger partial charge in [-0.15, -0.1) is 6.58 Å². The normalized spacial score (nSPS) is 12.5. The first kappa shape index (κ1) is 13.8. The average molecular weight is 254 g/mol. The van der Waals surface area contributed by atoms with Gasteiger partial charge in [0.15, 0.2) is 0 Å². The van der Waals surface area contributed by atoms with Gasteiger partial charge >= 0.3 is 0 Å². The molecule has 2 aromatic rings. The van der Waals surface area contributed by atoms with E-state index in [1.54, 1.807) is 0 Å². The monoisotopic (exact) mass is 254 g/mol. The quantitative estimate of drug-likeness (QED) is 0.747. The number of benzene rings is 1. The summed E-state index contributed by atoms with van der Waals surface area (Å²) < 4.78 is 0. The highest BCUT2D eigenvalue weighted by molar-refractivity contribution is 5.79. The summed E-state index contributed by atoms with van der Waals surface area (Å²) >= 11 is 0. The summed E-state index contributed by atoms with van der Waals surface area (Å²) in [7, 11) is 0. The molecule has 2 rings (SSSR count). The Kier molecular flexibility index (Phi) is 5.10. The summed E-state index contributed by atoms with van der Waals surface area (Å²) in [4.78, 5) is 4.37. The number of nitrogens with one attached hydrogen (secondary N) is 1. The molecule has 1 aromatic heterocycles. The first-order chi connectivity index (χ1) is 9.35.